The van der Waals surface area contributed by atoms with Gasteiger partial charge in [-0.05, 0) is 26.2 Å². The molecule has 0 atom stereocenters. The van der Waals surface area contributed by atoms with E-state index < -0.39 is 0 Å². The Morgan fingerprint density at radius 1 is 1.43 bits per heavy atom. The van der Waals surface area contributed by atoms with Gasteiger partial charge < -0.3 is 10.1 Å². The van der Waals surface area contributed by atoms with Gasteiger partial charge in [0.2, 0.25) is 11.0 Å². The lowest BCUT2D eigenvalue weighted by Crippen LogP contribution is -2.27. The summed E-state index contributed by atoms with van der Waals surface area (Å²) in [7, 11) is 0. The summed E-state index contributed by atoms with van der Waals surface area (Å²) in [5.74, 6) is 0.818. The van der Waals surface area contributed by atoms with Gasteiger partial charge in [0, 0.05) is 18.1 Å². The van der Waals surface area contributed by atoms with Gasteiger partial charge in [0.05, 0.1) is 6.61 Å². The number of carbonyl (C=O) groups is 2. The highest BCUT2D eigenvalue weighted by Crippen LogP contribution is 2.30. The molecule has 6 nitrogen and oxygen atoms in total. The summed E-state index contributed by atoms with van der Waals surface area (Å²) in [5, 5.41) is 11.4. The van der Waals surface area contributed by atoms with Crippen molar-refractivity contribution in [1.82, 2.24) is 10.2 Å². The number of thioether (sulfide) groups is 1. The molecule has 0 aliphatic heterocycles. The minimum absolute atomic E-state index is 0.0521. The Morgan fingerprint density at radius 3 is 2.90 bits per heavy atom. The summed E-state index contributed by atoms with van der Waals surface area (Å²) in [5.41, 5.74) is 0. The minimum Gasteiger partial charge on any atom is -0.466 e. The first kappa shape index (κ1) is 16.2. The van der Waals surface area contributed by atoms with E-state index in [4.69, 9.17) is 4.74 Å². The zero-order valence-corrected chi connectivity index (χ0v) is 13.6. The van der Waals surface area contributed by atoms with Crippen LogP contribution in [0, 0.1) is 5.92 Å². The molecule has 0 radical (unpaired) electrons. The van der Waals surface area contributed by atoms with Crippen LogP contribution in [0.2, 0.25) is 0 Å². The Labute approximate surface area is 132 Å². The molecule has 1 N–H and O–H groups in total. The Kier molecular flexibility index (Phi) is 6.44. The van der Waals surface area contributed by atoms with Gasteiger partial charge in [-0.3, -0.25) is 9.59 Å². The van der Waals surface area contributed by atoms with Gasteiger partial charge in [-0.15, -0.1) is 10.2 Å². The first-order valence-corrected chi connectivity index (χ1v) is 8.92. The molecule has 0 saturated heterocycles. The van der Waals surface area contributed by atoms with Crippen LogP contribution in [0.1, 0.15) is 39.0 Å². The molecule has 1 aromatic rings. The van der Waals surface area contributed by atoms with Gasteiger partial charge >= 0.3 is 5.97 Å². The maximum absolute atomic E-state index is 11.8. The maximum atomic E-state index is 11.8. The van der Waals surface area contributed by atoms with Gasteiger partial charge in [-0.25, -0.2) is 0 Å². The van der Waals surface area contributed by atoms with Crippen LogP contribution in [0.25, 0.3) is 0 Å². The highest BCUT2D eigenvalue weighted by molar-refractivity contribution is 8.01. The summed E-state index contributed by atoms with van der Waals surface area (Å²) >= 11 is 2.92. The number of nitrogens with one attached hydrogen (secondary N) is 1. The first-order valence-electron chi connectivity index (χ1n) is 7.12. The van der Waals surface area contributed by atoms with Crippen LogP contribution in [0.15, 0.2) is 4.34 Å². The Morgan fingerprint density at radius 2 is 2.24 bits per heavy atom. The second kappa shape index (κ2) is 8.33. The van der Waals surface area contributed by atoms with E-state index in [1.807, 2.05) is 0 Å². The molecule has 0 bridgehead atoms. The number of rotatable bonds is 8. The maximum Gasteiger partial charge on any atom is 0.305 e. The first-order chi connectivity index (χ1) is 10.2. The molecule has 21 heavy (non-hydrogen) atoms. The fraction of sp³-hybridized carbons (Fsp3) is 0.692. The van der Waals surface area contributed by atoms with Gasteiger partial charge in [-0.2, -0.15) is 0 Å². The van der Waals surface area contributed by atoms with Crippen molar-refractivity contribution in [3.05, 3.63) is 0 Å². The molecule has 1 amide bonds. The molecule has 1 heterocycles. The van der Waals surface area contributed by atoms with E-state index in [0.29, 0.717) is 18.2 Å². The number of ether oxygens (including phenoxy) is 1. The molecular weight excluding hydrogens is 310 g/mol. The third-order valence-corrected chi connectivity index (χ3v) is 5.23. The topological polar surface area (TPSA) is 81.2 Å². The van der Waals surface area contributed by atoms with E-state index in [-0.39, 0.29) is 17.8 Å². The zero-order chi connectivity index (χ0) is 15.1. The van der Waals surface area contributed by atoms with Crippen LogP contribution in [-0.2, 0) is 14.3 Å². The van der Waals surface area contributed by atoms with E-state index in [9.17, 15) is 9.59 Å². The Hall–Kier alpha value is -1.15. The molecule has 0 aromatic carbocycles. The smallest absolute Gasteiger partial charge is 0.305 e. The van der Waals surface area contributed by atoms with E-state index >= 15 is 0 Å². The van der Waals surface area contributed by atoms with E-state index in [1.165, 1.54) is 11.3 Å². The van der Waals surface area contributed by atoms with Crippen molar-refractivity contribution in [1.29, 1.82) is 0 Å². The van der Waals surface area contributed by atoms with Gasteiger partial charge in [0.15, 0.2) is 4.34 Å². The second-order valence-electron chi connectivity index (χ2n) is 4.75. The number of amides is 1. The van der Waals surface area contributed by atoms with Crippen molar-refractivity contribution < 1.29 is 14.3 Å². The van der Waals surface area contributed by atoms with Gasteiger partial charge in [0.1, 0.15) is 0 Å². The third kappa shape index (κ3) is 5.28. The Bertz CT molecular complexity index is 489. The van der Waals surface area contributed by atoms with Crippen LogP contribution < -0.4 is 5.32 Å². The number of aromatic nitrogens is 2. The van der Waals surface area contributed by atoms with Gasteiger partial charge in [0.25, 0.3) is 0 Å². The fourth-order valence-corrected chi connectivity index (χ4v) is 3.57. The number of anilines is 1. The summed E-state index contributed by atoms with van der Waals surface area (Å²) < 4.78 is 5.67. The highest BCUT2D eigenvalue weighted by Gasteiger charge is 2.25. The van der Waals surface area contributed by atoms with E-state index in [0.717, 1.165) is 35.8 Å². The summed E-state index contributed by atoms with van der Waals surface area (Å²) in [6.45, 7) is 2.22. The van der Waals surface area contributed by atoms with Crippen LogP contribution in [0.3, 0.4) is 0 Å². The van der Waals surface area contributed by atoms with E-state index in [1.54, 1.807) is 18.7 Å². The fourth-order valence-electron chi connectivity index (χ4n) is 1.81. The molecule has 1 aromatic heterocycles. The van der Waals surface area contributed by atoms with Crippen LogP contribution in [0.5, 0.6) is 0 Å². The monoisotopic (exact) mass is 329 g/mol. The average Bonchev–Trinajstić information content (AvgIpc) is 2.80. The summed E-state index contributed by atoms with van der Waals surface area (Å²) in [4.78, 5) is 22.9. The molecule has 1 saturated carbocycles. The molecule has 1 fully saturated rings. The van der Waals surface area contributed by atoms with Gasteiger partial charge in [-0.1, -0.05) is 29.5 Å². The molecule has 0 spiro atoms. The molecule has 1 aliphatic rings. The number of hydrogen-bond donors (Lipinski definition) is 1. The minimum atomic E-state index is -0.163. The van der Waals surface area contributed by atoms with Crippen molar-refractivity contribution in [3.8, 4) is 0 Å². The predicted molar refractivity (Wildman–Crippen MR) is 82.5 cm³/mol. The normalized spacial score (nSPS) is 14.5. The van der Waals surface area contributed by atoms with Crippen molar-refractivity contribution in [2.45, 2.75) is 43.4 Å². The van der Waals surface area contributed by atoms with Crippen molar-refractivity contribution in [2.75, 3.05) is 17.7 Å². The molecule has 116 valence electrons. The zero-order valence-electron chi connectivity index (χ0n) is 12.0. The lowest BCUT2D eigenvalue weighted by Gasteiger charge is -2.23. The van der Waals surface area contributed by atoms with Crippen molar-refractivity contribution in [3.63, 3.8) is 0 Å². The van der Waals surface area contributed by atoms with Crippen molar-refractivity contribution in [2.24, 2.45) is 5.92 Å². The quantitative estimate of drug-likeness (QED) is 0.342. The molecular formula is C13H19N3O3S2. The molecule has 1 aliphatic carbocycles. The number of carbonyl (C=O) groups excluding carboxylic acids is 2. The standard InChI is InChI=1S/C13H19N3O3S2/c1-2-19-10(17)7-4-8-20-13-16-15-12(21-13)14-11(18)9-5-3-6-9/h9H,2-8H2,1H3,(H,14,15,18). The van der Waals surface area contributed by atoms with Crippen molar-refractivity contribution >= 4 is 40.1 Å². The highest BCUT2D eigenvalue weighted by atomic mass is 32.2. The number of esters is 1. The molecule has 8 heteroatoms. The van der Waals surface area contributed by atoms with E-state index in [2.05, 4.69) is 15.5 Å². The lowest BCUT2D eigenvalue weighted by molar-refractivity contribution is -0.143. The molecule has 0 unspecified atom stereocenters. The van der Waals surface area contributed by atoms with Crippen LogP contribution >= 0.6 is 23.1 Å². The largest absolute Gasteiger partial charge is 0.466 e. The number of hydrogen-bond acceptors (Lipinski definition) is 7. The van der Waals surface area contributed by atoms with Crippen LogP contribution in [-0.4, -0.2) is 34.4 Å². The SMILES string of the molecule is CCOC(=O)CCCSc1nnc(NC(=O)C2CCC2)s1. The molecule has 2 rings (SSSR count). The third-order valence-electron chi connectivity index (χ3n) is 3.17. The number of nitrogens with zero attached hydrogens (tertiary/aromatic N) is 2. The predicted octanol–water partition coefficient (Wildman–Crippen LogP) is 2.71. The lowest BCUT2D eigenvalue weighted by atomic mass is 9.85. The summed E-state index contributed by atoms with van der Waals surface area (Å²) in [6.07, 6.45) is 4.24. The van der Waals surface area contributed by atoms with Crippen LogP contribution in [0.4, 0.5) is 5.13 Å². The Balaban J connectivity index is 1.65. The average molecular weight is 329 g/mol. The summed E-state index contributed by atoms with van der Waals surface area (Å²) in [6, 6.07) is 0. The second-order valence-corrected chi connectivity index (χ2v) is 7.07.